The van der Waals surface area contributed by atoms with Gasteiger partial charge in [-0.3, -0.25) is 0 Å². The summed E-state index contributed by atoms with van der Waals surface area (Å²) in [5, 5.41) is 2.26. The van der Waals surface area contributed by atoms with Gasteiger partial charge < -0.3 is 9.32 Å². The zero-order chi connectivity index (χ0) is 29.2. The van der Waals surface area contributed by atoms with Crippen LogP contribution < -0.4 is 4.90 Å². The lowest BCUT2D eigenvalue weighted by Gasteiger charge is -2.26. The Hall–Kier alpha value is -5.60. The van der Waals surface area contributed by atoms with Gasteiger partial charge in [0.05, 0.1) is 0 Å². The molecule has 2 nitrogen and oxygen atoms in total. The fourth-order valence-electron chi connectivity index (χ4n) is 5.82. The van der Waals surface area contributed by atoms with E-state index >= 15 is 0 Å². The maximum atomic E-state index is 6.09. The highest BCUT2D eigenvalue weighted by atomic mass is 16.3. The maximum absolute atomic E-state index is 6.09. The van der Waals surface area contributed by atoms with Gasteiger partial charge in [-0.05, 0) is 94.9 Å². The van der Waals surface area contributed by atoms with Crippen LogP contribution in [0, 0.1) is 0 Å². The highest BCUT2D eigenvalue weighted by Crippen LogP contribution is 2.39. The molecule has 0 saturated heterocycles. The molecule has 43 heavy (non-hydrogen) atoms. The fourth-order valence-corrected chi connectivity index (χ4v) is 5.82. The summed E-state index contributed by atoms with van der Waals surface area (Å²) in [6.45, 7) is 6.02. The molecule has 1 aromatic heterocycles. The standard InChI is InChI=1S/C41H31NO/c1-3-29(4-2)31-17-22-35(23-18-31)42(36-24-19-32(20-25-36)30-11-6-5-7-12-30)37-14-10-13-33(27-37)34-21-26-41-39(28-34)38-15-8-9-16-40(38)43-41/h3-28H,1H2,2H3/b29-4+. The highest BCUT2D eigenvalue weighted by molar-refractivity contribution is 6.06. The van der Waals surface area contributed by atoms with Crippen molar-refractivity contribution in [1.82, 2.24) is 0 Å². The lowest BCUT2D eigenvalue weighted by molar-refractivity contribution is 0.669. The van der Waals surface area contributed by atoms with Crippen LogP contribution in [0.5, 0.6) is 0 Å². The summed E-state index contributed by atoms with van der Waals surface area (Å²) < 4.78 is 6.09. The molecule has 1 heterocycles. The Kier molecular flexibility index (Phi) is 6.94. The van der Waals surface area contributed by atoms with Gasteiger partial charge in [-0.15, -0.1) is 0 Å². The topological polar surface area (TPSA) is 16.4 Å². The number of para-hydroxylation sites is 1. The van der Waals surface area contributed by atoms with E-state index in [0.29, 0.717) is 0 Å². The first-order chi connectivity index (χ1) is 21.2. The smallest absolute Gasteiger partial charge is 0.135 e. The van der Waals surface area contributed by atoms with Crippen molar-refractivity contribution in [3.05, 3.63) is 170 Å². The Balaban J connectivity index is 1.32. The molecule has 2 heteroatoms. The van der Waals surface area contributed by atoms with Crippen LogP contribution in [0.4, 0.5) is 17.1 Å². The number of rotatable bonds is 7. The molecular formula is C41H31NO. The zero-order valence-corrected chi connectivity index (χ0v) is 24.1. The van der Waals surface area contributed by atoms with Crippen LogP contribution in [0.1, 0.15) is 12.5 Å². The first-order valence-corrected chi connectivity index (χ1v) is 14.6. The zero-order valence-electron chi connectivity index (χ0n) is 24.1. The molecule has 0 spiro atoms. The van der Waals surface area contributed by atoms with Crippen LogP contribution in [0.2, 0.25) is 0 Å². The van der Waals surface area contributed by atoms with E-state index in [9.17, 15) is 0 Å². The monoisotopic (exact) mass is 553 g/mol. The van der Waals surface area contributed by atoms with Gasteiger partial charge in [0.25, 0.3) is 0 Å². The van der Waals surface area contributed by atoms with Gasteiger partial charge in [0.15, 0.2) is 0 Å². The Bertz CT molecular complexity index is 2080. The molecule has 0 amide bonds. The van der Waals surface area contributed by atoms with Crippen LogP contribution >= 0.6 is 0 Å². The molecule has 0 radical (unpaired) electrons. The molecule has 0 atom stereocenters. The first-order valence-electron chi connectivity index (χ1n) is 14.6. The molecule has 0 saturated carbocycles. The number of nitrogens with zero attached hydrogens (tertiary/aromatic N) is 1. The number of anilines is 3. The molecule has 0 aliphatic carbocycles. The van der Waals surface area contributed by atoms with Gasteiger partial charge in [-0.2, -0.15) is 0 Å². The summed E-state index contributed by atoms with van der Waals surface area (Å²) in [7, 11) is 0. The van der Waals surface area contributed by atoms with Crippen LogP contribution in [0.25, 0.3) is 49.8 Å². The molecule has 7 rings (SSSR count). The minimum Gasteiger partial charge on any atom is -0.456 e. The molecule has 0 fully saturated rings. The molecule has 0 N–H and O–H groups in total. The predicted octanol–water partition coefficient (Wildman–Crippen LogP) is 12.0. The Morgan fingerprint density at radius 3 is 1.88 bits per heavy atom. The van der Waals surface area contributed by atoms with Crippen molar-refractivity contribution in [2.75, 3.05) is 4.90 Å². The predicted molar refractivity (Wildman–Crippen MR) is 183 cm³/mol. The summed E-state index contributed by atoms with van der Waals surface area (Å²) in [4.78, 5) is 2.32. The second-order valence-corrected chi connectivity index (χ2v) is 10.6. The number of allylic oxidation sites excluding steroid dienone is 3. The molecule has 6 aromatic carbocycles. The van der Waals surface area contributed by atoms with E-state index in [-0.39, 0.29) is 0 Å². The highest BCUT2D eigenvalue weighted by Gasteiger charge is 2.15. The number of fused-ring (bicyclic) bond motifs is 3. The Morgan fingerprint density at radius 1 is 0.535 bits per heavy atom. The lowest BCUT2D eigenvalue weighted by Crippen LogP contribution is -2.10. The minimum atomic E-state index is 0.904. The van der Waals surface area contributed by atoms with Gasteiger partial charge >= 0.3 is 0 Å². The van der Waals surface area contributed by atoms with Gasteiger partial charge in [-0.1, -0.05) is 110 Å². The summed E-state index contributed by atoms with van der Waals surface area (Å²) >= 11 is 0. The average Bonchev–Trinajstić information content (AvgIpc) is 3.45. The molecule has 0 aliphatic rings. The third-order valence-corrected chi connectivity index (χ3v) is 8.04. The van der Waals surface area contributed by atoms with Gasteiger partial charge in [0, 0.05) is 27.8 Å². The van der Waals surface area contributed by atoms with E-state index in [0.717, 1.165) is 61.3 Å². The summed E-state index contributed by atoms with van der Waals surface area (Å²) in [6, 6.07) is 51.4. The first kappa shape index (κ1) is 26.3. The molecule has 206 valence electrons. The van der Waals surface area contributed by atoms with Crippen molar-refractivity contribution < 1.29 is 4.42 Å². The van der Waals surface area contributed by atoms with Crippen LogP contribution in [-0.4, -0.2) is 0 Å². The second kappa shape index (κ2) is 11.3. The quantitative estimate of drug-likeness (QED) is 0.183. The van der Waals surface area contributed by atoms with Crippen LogP contribution in [0.3, 0.4) is 0 Å². The van der Waals surface area contributed by atoms with Gasteiger partial charge in [0.1, 0.15) is 11.2 Å². The van der Waals surface area contributed by atoms with Crippen LogP contribution in [-0.2, 0) is 0 Å². The van der Waals surface area contributed by atoms with Crippen molar-refractivity contribution >= 4 is 44.6 Å². The SMILES string of the molecule is C=C/C(=C\C)c1ccc(N(c2ccc(-c3ccccc3)cc2)c2cccc(-c3ccc4oc5ccccc5c4c3)c2)cc1. The van der Waals surface area contributed by atoms with Gasteiger partial charge in [-0.25, -0.2) is 0 Å². The van der Waals surface area contributed by atoms with Gasteiger partial charge in [0.2, 0.25) is 0 Å². The van der Waals surface area contributed by atoms with Crippen molar-refractivity contribution in [3.63, 3.8) is 0 Å². The maximum Gasteiger partial charge on any atom is 0.135 e. The van der Waals surface area contributed by atoms with E-state index in [4.69, 9.17) is 4.42 Å². The summed E-state index contributed by atoms with van der Waals surface area (Å²) in [5.74, 6) is 0. The normalized spacial score (nSPS) is 11.6. The molecule has 0 unspecified atom stereocenters. The minimum absolute atomic E-state index is 0.904. The lowest BCUT2D eigenvalue weighted by atomic mass is 10.0. The average molecular weight is 554 g/mol. The van der Waals surface area contributed by atoms with E-state index in [1.807, 2.05) is 25.1 Å². The molecular weight excluding hydrogens is 522 g/mol. The molecule has 7 aromatic rings. The molecule has 0 aliphatic heterocycles. The number of hydrogen-bond acceptors (Lipinski definition) is 2. The van der Waals surface area contributed by atoms with Crippen molar-refractivity contribution in [2.24, 2.45) is 0 Å². The third-order valence-electron chi connectivity index (χ3n) is 8.04. The summed E-state index contributed by atoms with van der Waals surface area (Å²) in [6.07, 6.45) is 3.99. The Labute approximate surface area is 252 Å². The number of hydrogen-bond donors (Lipinski definition) is 0. The van der Waals surface area contributed by atoms with E-state index in [1.54, 1.807) is 0 Å². The van der Waals surface area contributed by atoms with E-state index in [1.165, 1.54) is 11.1 Å². The fraction of sp³-hybridized carbons (Fsp3) is 0.0244. The van der Waals surface area contributed by atoms with E-state index in [2.05, 4.69) is 151 Å². The van der Waals surface area contributed by atoms with Crippen molar-refractivity contribution in [1.29, 1.82) is 0 Å². The second-order valence-electron chi connectivity index (χ2n) is 10.6. The Morgan fingerprint density at radius 2 is 1.14 bits per heavy atom. The molecule has 0 bridgehead atoms. The van der Waals surface area contributed by atoms with Crippen molar-refractivity contribution in [3.8, 4) is 22.3 Å². The van der Waals surface area contributed by atoms with E-state index < -0.39 is 0 Å². The van der Waals surface area contributed by atoms with Crippen LogP contribution in [0.15, 0.2) is 169 Å². The number of benzene rings is 6. The number of furan rings is 1. The summed E-state index contributed by atoms with van der Waals surface area (Å²) in [5.41, 5.74) is 12.1. The third kappa shape index (κ3) is 5.05. The van der Waals surface area contributed by atoms with Crippen molar-refractivity contribution in [2.45, 2.75) is 6.92 Å². The largest absolute Gasteiger partial charge is 0.456 e.